The molecule has 10 heteroatoms. The third-order valence-electron chi connectivity index (χ3n) is 1.90. The second-order valence-electron chi connectivity index (χ2n) is 3.20. The van der Waals surface area contributed by atoms with Gasteiger partial charge in [0.25, 0.3) is 0 Å². The maximum Gasteiger partial charge on any atom is 0.348 e. The smallest absolute Gasteiger partial charge is 0.246 e. The molecular weight excluding hydrogens is 266 g/mol. The molecule has 0 atom stereocenters. The van der Waals surface area contributed by atoms with Crippen molar-refractivity contribution in [3.63, 3.8) is 0 Å². The zero-order valence-corrected chi connectivity index (χ0v) is 10.2. The van der Waals surface area contributed by atoms with Crippen LogP contribution in [0.2, 0.25) is 0 Å². The molecule has 0 aliphatic rings. The SMILES string of the molecule is NS(=O)(=O)CCSc1cc2n[nH]c(=O)n2cn1. The number of aromatic nitrogens is 4. The Morgan fingerprint density at radius 1 is 1.53 bits per heavy atom. The fourth-order valence-corrected chi connectivity index (χ4v) is 2.92. The minimum absolute atomic E-state index is 0.127. The van der Waals surface area contributed by atoms with Gasteiger partial charge in [-0.1, -0.05) is 0 Å². The lowest BCUT2D eigenvalue weighted by Gasteiger charge is -1.99. The van der Waals surface area contributed by atoms with Crippen molar-refractivity contribution in [2.24, 2.45) is 5.14 Å². The van der Waals surface area contributed by atoms with Gasteiger partial charge in [0.1, 0.15) is 11.4 Å². The minimum atomic E-state index is -3.46. The van der Waals surface area contributed by atoms with Crippen LogP contribution in [-0.4, -0.2) is 39.5 Å². The highest BCUT2D eigenvalue weighted by Gasteiger charge is 2.06. The van der Waals surface area contributed by atoms with Gasteiger partial charge in [0.15, 0.2) is 5.65 Å². The van der Waals surface area contributed by atoms with Gasteiger partial charge in [0.05, 0.1) is 5.75 Å². The van der Waals surface area contributed by atoms with E-state index in [0.29, 0.717) is 16.4 Å². The fraction of sp³-hybridized carbons (Fsp3) is 0.286. The summed E-state index contributed by atoms with van der Waals surface area (Å²) in [6, 6.07) is 1.59. The van der Waals surface area contributed by atoms with Crippen LogP contribution >= 0.6 is 11.8 Å². The van der Waals surface area contributed by atoms with E-state index in [1.54, 1.807) is 6.07 Å². The van der Waals surface area contributed by atoms with Crippen LogP contribution in [0.3, 0.4) is 0 Å². The molecule has 2 heterocycles. The average molecular weight is 275 g/mol. The molecule has 0 saturated carbocycles. The number of sulfonamides is 1. The van der Waals surface area contributed by atoms with Crippen LogP contribution < -0.4 is 10.8 Å². The van der Waals surface area contributed by atoms with Gasteiger partial charge in [-0.15, -0.1) is 11.8 Å². The molecule has 0 unspecified atom stereocenters. The van der Waals surface area contributed by atoms with Gasteiger partial charge >= 0.3 is 5.69 Å². The lowest BCUT2D eigenvalue weighted by atomic mass is 10.6. The molecule has 92 valence electrons. The second-order valence-corrected chi connectivity index (χ2v) is 6.05. The Labute approximate surface area is 100 Å². The third-order valence-corrected chi connectivity index (χ3v) is 3.86. The number of aromatic amines is 1. The van der Waals surface area contributed by atoms with Crippen LogP contribution in [0.5, 0.6) is 0 Å². The largest absolute Gasteiger partial charge is 0.348 e. The average Bonchev–Trinajstić information content (AvgIpc) is 2.58. The molecule has 2 aromatic heterocycles. The van der Waals surface area contributed by atoms with E-state index in [4.69, 9.17) is 5.14 Å². The van der Waals surface area contributed by atoms with Crippen LogP contribution in [0, 0.1) is 0 Å². The van der Waals surface area contributed by atoms with Crippen molar-refractivity contribution in [1.82, 2.24) is 19.6 Å². The number of fused-ring (bicyclic) bond motifs is 1. The van der Waals surface area contributed by atoms with Crippen molar-refractivity contribution in [2.75, 3.05) is 11.5 Å². The monoisotopic (exact) mass is 275 g/mol. The minimum Gasteiger partial charge on any atom is -0.246 e. The molecule has 0 radical (unpaired) electrons. The Morgan fingerprint density at radius 3 is 3.00 bits per heavy atom. The van der Waals surface area contributed by atoms with E-state index < -0.39 is 10.0 Å². The number of nitrogens with zero attached hydrogens (tertiary/aromatic N) is 3. The highest BCUT2D eigenvalue weighted by atomic mass is 32.2. The summed E-state index contributed by atoms with van der Waals surface area (Å²) in [6.07, 6.45) is 1.33. The zero-order valence-electron chi connectivity index (χ0n) is 8.53. The number of rotatable bonds is 4. The van der Waals surface area contributed by atoms with Crippen molar-refractivity contribution in [3.05, 3.63) is 22.9 Å². The Morgan fingerprint density at radius 2 is 2.29 bits per heavy atom. The summed E-state index contributed by atoms with van der Waals surface area (Å²) in [5, 5.41) is 11.5. The lowest BCUT2D eigenvalue weighted by Crippen LogP contribution is -2.17. The van der Waals surface area contributed by atoms with Crippen molar-refractivity contribution < 1.29 is 8.42 Å². The van der Waals surface area contributed by atoms with Crippen LogP contribution in [0.25, 0.3) is 5.65 Å². The molecule has 8 nitrogen and oxygen atoms in total. The maximum absolute atomic E-state index is 11.1. The van der Waals surface area contributed by atoms with E-state index in [1.807, 2.05) is 0 Å². The Bertz CT molecular complexity index is 689. The standard InChI is InChI=1S/C7H9N5O3S2/c8-17(14,15)2-1-16-6-3-5-10-11-7(13)12(5)4-9-6/h3-4H,1-2H2,(H,11,13)(H2,8,14,15). The van der Waals surface area contributed by atoms with Crippen LogP contribution in [0.1, 0.15) is 0 Å². The molecule has 3 N–H and O–H groups in total. The summed E-state index contributed by atoms with van der Waals surface area (Å²) in [6.45, 7) is 0. The molecule has 2 rings (SSSR count). The molecule has 0 spiro atoms. The predicted octanol–water partition coefficient (Wildman–Crippen LogP) is -1.20. The third kappa shape index (κ3) is 3.05. The summed E-state index contributed by atoms with van der Waals surface area (Å²) in [5.41, 5.74) is 0.0664. The molecule has 2 aromatic rings. The molecule has 0 amide bonds. The van der Waals surface area contributed by atoms with Crippen molar-refractivity contribution in [1.29, 1.82) is 0 Å². The molecule has 0 fully saturated rings. The first-order valence-corrected chi connectivity index (χ1v) is 7.22. The topological polar surface area (TPSA) is 123 Å². The van der Waals surface area contributed by atoms with E-state index in [9.17, 15) is 13.2 Å². The Hall–Kier alpha value is -1.39. The van der Waals surface area contributed by atoms with Crippen molar-refractivity contribution >= 4 is 27.4 Å². The number of nitrogens with one attached hydrogen (secondary N) is 1. The van der Waals surface area contributed by atoms with E-state index in [1.165, 1.54) is 22.5 Å². The van der Waals surface area contributed by atoms with Crippen LogP contribution in [0.4, 0.5) is 0 Å². The van der Waals surface area contributed by atoms with Gasteiger partial charge < -0.3 is 0 Å². The Balaban J connectivity index is 2.12. The number of thioether (sulfide) groups is 1. The summed E-state index contributed by atoms with van der Waals surface area (Å²) >= 11 is 1.23. The fourth-order valence-electron chi connectivity index (χ4n) is 1.13. The summed E-state index contributed by atoms with van der Waals surface area (Å²) in [5.74, 6) is 0.175. The van der Waals surface area contributed by atoms with E-state index in [-0.39, 0.29) is 11.4 Å². The number of H-pyrrole nitrogens is 1. The second kappa shape index (κ2) is 4.47. The van der Waals surface area contributed by atoms with Gasteiger partial charge in [-0.2, -0.15) is 5.10 Å². The number of primary sulfonamides is 1. The van der Waals surface area contributed by atoms with Crippen molar-refractivity contribution in [2.45, 2.75) is 5.03 Å². The van der Waals surface area contributed by atoms with E-state index in [2.05, 4.69) is 15.2 Å². The zero-order chi connectivity index (χ0) is 12.5. The van der Waals surface area contributed by atoms with Gasteiger partial charge in [-0.25, -0.2) is 32.8 Å². The highest BCUT2D eigenvalue weighted by molar-refractivity contribution is 8.00. The number of hydrogen-bond donors (Lipinski definition) is 2. The molecular formula is C7H9N5O3S2. The first kappa shape index (κ1) is 12.1. The molecule has 0 aliphatic heterocycles. The molecule has 17 heavy (non-hydrogen) atoms. The first-order valence-electron chi connectivity index (χ1n) is 4.52. The molecule has 0 saturated heterocycles. The molecule has 0 bridgehead atoms. The van der Waals surface area contributed by atoms with Gasteiger partial charge in [0, 0.05) is 11.8 Å². The van der Waals surface area contributed by atoms with Crippen LogP contribution in [0.15, 0.2) is 22.2 Å². The highest BCUT2D eigenvalue weighted by Crippen LogP contribution is 2.15. The summed E-state index contributed by atoms with van der Waals surface area (Å²) < 4.78 is 22.7. The number of hydrogen-bond acceptors (Lipinski definition) is 6. The number of nitrogens with two attached hydrogens (primary N) is 1. The summed E-state index contributed by atoms with van der Waals surface area (Å²) in [4.78, 5) is 15.1. The van der Waals surface area contributed by atoms with Gasteiger partial charge in [0.2, 0.25) is 10.0 Å². The summed E-state index contributed by atoms with van der Waals surface area (Å²) in [7, 11) is -3.46. The quantitative estimate of drug-likeness (QED) is 0.533. The first-order chi connectivity index (χ1) is 7.96. The van der Waals surface area contributed by atoms with Crippen LogP contribution in [-0.2, 0) is 10.0 Å². The van der Waals surface area contributed by atoms with E-state index >= 15 is 0 Å². The normalized spacial score (nSPS) is 12.1. The van der Waals surface area contributed by atoms with Crippen molar-refractivity contribution in [3.8, 4) is 0 Å². The van der Waals surface area contributed by atoms with Gasteiger partial charge in [-0.3, -0.25) is 0 Å². The Kier molecular flexibility index (Phi) is 3.17. The molecule has 0 aliphatic carbocycles. The van der Waals surface area contributed by atoms with E-state index in [0.717, 1.165) is 0 Å². The lowest BCUT2D eigenvalue weighted by molar-refractivity contribution is 0.599. The predicted molar refractivity (Wildman–Crippen MR) is 62.3 cm³/mol. The maximum atomic E-state index is 11.1. The molecule has 0 aromatic carbocycles. The van der Waals surface area contributed by atoms with Gasteiger partial charge in [-0.05, 0) is 0 Å².